The van der Waals surface area contributed by atoms with E-state index in [1.54, 1.807) is 0 Å². The number of esters is 1. The second-order valence-corrected chi connectivity index (χ2v) is 6.18. The van der Waals surface area contributed by atoms with Gasteiger partial charge in [0.25, 0.3) is 5.91 Å². The van der Waals surface area contributed by atoms with Crippen LogP contribution < -0.4 is 10.1 Å². The normalized spacial score (nSPS) is 14.9. The maximum Gasteiger partial charge on any atom is 0.324 e. The lowest BCUT2D eigenvalue weighted by Gasteiger charge is -2.18. The van der Waals surface area contributed by atoms with Crippen LogP contribution in [0.25, 0.3) is 0 Å². The van der Waals surface area contributed by atoms with Crippen LogP contribution in [0, 0.1) is 0 Å². The quantitative estimate of drug-likeness (QED) is 0.561. The van der Waals surface area contributed by atoms with Crippen LogP contribution in [0.4, 0.5) is 4.79 Å². The van der Waals surface area contributed by atoms with Crippen LogP contribution in [0.5, 0.6) is 5.75 Å². The molecule has 24 heavy (non-hydrogen) atoms. The number of halogens is 1. The second-order valence-electron chi connectivity index (χ2n) is 5.26. The first kappa shape index (κ1) is 18.3. The summed E-state index contributed by atoms with van der Waals surface area (Å²) in [6, 6.07) is 6.95. The minimum absolute atomic E-state index is 0.137. The third-order valence-electron chi connectivity index (χ3n) is 3.37. The summed E-state index contributed by atoms with van der Waals surface area (Å²) in [7, 11) is 0. The molecular formula is C16H19BrN2O5. The zero-order chi connectivity index (χ0) is 17.5. The van der Waals surface area contributed by atoms with Crippen molar-refractivity contribution in [3.8, 4) is 5.75 Å². The molecule has 1 N–H and O–H groups in total. The van der Waals surface area contributed by atoms with Gasteiger partial charge in [-0.15, -0.1) is 0 Å². The predicted octanol–water partition coefficient (Wildman–Crippen LogP) is 2.09. The van der Waals surface area contributed by atoms with E-state index in [2.05, 4.69) is 21.2 Å². The molecular weight excluding hydrogens is 380 g/mol. The smallest absolute Gasteiger partial charge is 0.324 e. The Balaban J connectivity index is 1.67. The number of hydrogen-bond donors (Lipinski definition) is 1. The van der Waals surface area contributed by atoms with Crippen LogP contribution in [0.15, 0.2) is 28.7 Å². The van der Waals surface area contributed by atoms with E-state index >= 15 is 0 Å². The van der Waals surface area contributed by atoms with E-state index < -0.39 is 24.0 Å². The van der Waals surface area contributed by atoms with Gasteiger partial charge in [0.15, 0.2) is 6.10 Å². The van der Waals surface area contributed by atoms with Crippen LogP contribution in [-0.2, 0) is 14.3 Å². The molecule has 130 valence electrons. The standard InChI is InChI=1S/C16H19BrN2O5/c1-11(15(21)19-8-7-18-16(19)22)24-14(20)6-3-9-23-13-5-2-4-12(17)10-13/h2,4-5,10-11H,3,6-9H2,1H3,(H,18,22)/t11-/m1/s1. The number of nitrogens with one attached hydrogen (secondary N) is 1. The van der Waals surface area contributed by atoms with Crippen LogP contribution in [0.3, 0.4) is 0 Å². The third kappa shape index (κ3) is 5.23. The lowest BCUT2D eigenvalue weighted by molar-refractivity contribution is -0.157. The van der Waals surface area contributed by atoms with Crippen molar-refractivity contribution in [1.82, 2.24) is 10.2 Å². The van der Waals surface area contributed by atoms with E-state index in [0.29, 0.717) is 31.9 Å². The molecule has 1 aliphatic heterocycles. The van der Waals surface area contributed by atoms with Crippen molar-refractivity contribution in [1.29, 1.82) is 0 Å². The maximum absolute atomic E-state index is 12.0. The Morgan fingerprint density at radius 2 is 2.21 bits per heavy atom. The Labute approximate surface area is 148 Å². The summed E-state index contributed by atoms with van der Waals surface area (Å²) in [5.74, 6) is -0.293. The second kappa shape index (κ2) is 8.68. The molecule has 0 aliphatic carbocycles. The van der Waals surface area contributed by atoms with Gasteiger partial charge in [-0.25, -0.2) is 4.79 Å². The topological polar surface area (TPSA) is 84.9 Å². The third-order valence-corrected chi connectivity index (χ3v) is 3.86. The lowest BCUT2D eigenvalue weighted by atomic mass is 10.3. The van der Waals surface area contributed by atoms with Crippen molar-refractivity contribution in [2.45, 2.75) is 25.9 Å². The average Bonchev–Trinajstić information content (AvgIpc) is 2.97. The first-order chi connectivity index (χ1) is 11.5. The Morgan fingerprint density at radius 3 is 2.88 bits per heavy atom. The molecule has 0 radical (unpaired) electrons. The number of urea groups is 1. The molecule has 2 rings (SSSR count). The summed E-state index contributed by atoms with van der Waals surface area (Å²) in [6.07, 6.45) is -0.374. The van der Waals surface area contributed by atoms with E-state index in [1.165, 1.54) is 6.92 Å². The van der Waals surface area contributed by atoms with Gasteiger partial charge in [0, 0.05) is 24.0 Å². The van der Waals surface area contributed by atoms with E-state index in [-0.39, 0.29) is 6.42 Å². The molecule has 0 bridgehead atoms. The largest absolute Gasteiger partial charge is 0.494 e. The Kier molecular flexibility index (Phi) is 6.60. The number of carbonyl (C=O) groups is 3. The minimum Gasteiger partial charge on any atom is -0.494 e. The van der Waals surface area contributed by atoms with Gasteiger partial charge < -0.3 is 14.8 Å². The van der Waals surface area contributed by atoms with Crippen LogP contribution in [0.1, 0.15) is 19.8 Å². The fourth-order valence-electron chi connectivity index (χ4n) is 2.17. The van der Waals surface area contributed by atoms with E-state index in [4.69, 9.17) is 9.47 Å². The molecule has 1 fully saturated rings. The van der Waals surface area contributed by atoms with Gasteiger partial charge in [0.1, 0.15) is 5.75 Å². The zero-order valence-corrected chi connectivity index (χ0v) is 14.9. The average molecular weight is 399 g/mol. The molecule has 1 saturated heterocycles. The molecule has 1 aromatic rings. The summed E-state index contributed by atoms with van der Waals surface area (Å²) < 4.78 is 11.5. The number of nitrogens with zero attached hydrogens (tertiary/aromatic N) is 1. The highest BCUT2D eigenvalue weighted by molar-refractivity contribution is 9.10. The van der Waals surface area contributed by atoms with Crippen molar-refractivity contribution in [3.63, 3.8) is 0 Å². The number of benzene rings is 1. The van der Waals surface area contributed by atoms with Gasteiger partial charge in [-0.05, 0) is 31.5 Å². The fourth-order valence-corrected chi connectivity index (χ4v) is 2.55. The van der Waals surface area contributed by atoms with E-state index in [1.807, 2.05) is 24.3 Å². The minimum atomic E-state index is -0.979. The molecule has 1 heterocycles. The number of rotatable bonds is 7. The molecule has 0 spiro atoms. The van der Waals surface area contributed by atoms with Gasteiger partial charge >= 0.3 is 12.0 Å². The highest BCUT2D eigenvalue weighted by Gasteiger charge is 2.31. The number of carbonyl (C=O) groups excluding carboxylic acids is 3. The molecule has 3 amide bonds. The van der Waals surface area contributed by atoms with Gasteiger partial charge in [-0.2, -0.15) is 0 Å². The Morgan fingerprint density at radius 1 is 1.42 bits per heavy atom. The molecule has 8 heteroatoms. The number of ether oxygens (including phenoxy) is 2. The lowest BCUT2D eigenvalue weighted by Crippen LogP contribution is -2.41. The van der Waals surface area contributed by atoms with Crippen molar-refractivity contribution in [3.05, 3.63) is 28.7 Å². The van der Waals surface area contributed by atoms with Crippen molar-refractivity contribution in [2.75, 3.05) is 19.7 Å². The van der Waals surface area contributed by atoms with E-state index in [9.17, 15) is 14.4 Å². The Bertz CT molecular complexity index is 622. The van der Waals surface area contributed by atoms with Gasteiger partial charge in [0.05, 0.1) is 6.61 Å². The summed E-state index contributed by atoms with van der Waals surface area (Å²) in [6.45, 7) is 2.53. The predicted molar refractivity (Wildman–Crippen MR) is 89.5 cm³/mol. The molecule has 0 saturated carbocycles. The molecule has 0 aromatic heterocycles. The summed E-state index contributed by atoms with van der Waals surface area (Å²) >= 11 is 3.35. The number of amides is 3. The van der Waals surface area contributed by atoms with Crippen molar-refractivity contribution in [2.24, 2.45) is 0 Å². The van der Waals surface area contributed by atoms with Crippen molar-refractivity contribution >= 4 is 33.8 Å². The number of imide groups is 1. The summed E-state index contributed by atoms with van der Waals surface area (Å²) in [5.41, 5.74) is 0. The molecule has 1 atom stereocenters. The zero-order valence-electron chi connectivity index (χ0n) is 13.3. The molecule has 7 nitrogen and oxygen atoms in total. The van der Waals surface area contributed by atoms with Gasteiger partial charge in [-0.3, -0.25) is 14.5 Å². The van der Waals surface area contributed by atoms with Gasteiger partial charge in [-0.1, -0.05) is 22.0 Å². The van der Waals surface area contributed by atoms with E-state index in [0.717, 1.165) is 9.37 Å². The molecule has 1 aromatic carbocycles. The number of hydrogen-bond acceptors (Lipinski definition) is 5. The van der Waals surface area contributed by atoms with Crippen LogP contribution in [0.2, 0.25) is 0 Å². The van der Waals surface area contributed by atoms with Crippen LogP contribution in [-0.4, -0.2) is 48.6 Å². The molecule has 0 unspecified atom stereocenters. The maximum atomic E-state index is 12.0. The molecule has 1 aliphatic rings. The first-order valence-corrected chi connectivity index (χ1v) is 8.43. The summed E-state index contributed by atoms with van der Waals surface area (Å²) in [5, 5.41) is 2.53. The van der Waals surface area contributed by atoms with Gasteiger partial charge in [0.2, 0.25) is 0 Å². The monoisotopic (exact) mass is 398 g/mol. The first-order valence-electron chi connectivity index (χ1n) is 7.64. The van der Waals surface area contributed by atoms with Crippen molar-refractivity contribution < 1.29 is 23.9 Å². The highest BCUT2D eigenvalue weighted by atomic mass is 79.9. The SMILES string of the molecule is C[C@@H](OC(=O)CCCOc1cccc(Br)c1)C(=O)N1CCNC1=O. The Hall–Kier alpha value is -2.09. The van der Waals surface area contributed by atoms with Crippen LogP contribution >= 0.6 is 15.9 Å². The highest BCUT2D eigenvalue weighted by Crippen LogP contribution is 2.18. The summed E-state index contributed by atoms with van der Waals surface area (Å²) in [4.78, 5) is 36.2. The fraction of sp³-hybridized carbons (Fsp3) is 0.438.